The maximum atomic E-state index is 12.3. The Bertz CT molecular complexity index is 746. The van der Waals surface area contributed by atoms with Gasteiger partial charge in [-0.25, -0.2) is 0 Å². The summed E-state index contributed by atoms with van der Waals surface area (Å²) < 4.78 is 5.37. The summed E-state index contributed by atoms with van der Waals surface area (Å²) >= 11 is 0. The molecule has 19 heavy (non-hydrogen) atoms. The van der Waals surface area contributed by atoms with Crippen LogP contribution in [-0.2, 0) is 6.42 Å². The molecule has 3 rings (SSSR count). The Kier molecular flexibility index (Phi) is 2.76. The van der Waals surface area contributed by atoms with Gasteiger partial charge in [-0.1, -0.05) is 18.2 Å². The smallest absolute Gasteiger partial charge is 0.171 e. The molecule has 0 bridgehead atoms. The fourth-order valence-electron chi connectivity index (χ4n) is 2.05. The first-order valence-corrected chi connectivity index (χ1v) is 5.93. The molecule has 0 fully saturated rings. The van der Waals surface area contributed by atoms with Crippen molar-refractivity contribution in [2.45, 2.75) is 6.42 Å². The summed E-state index contributed by atoms with van der Waals surface area (Å²) in [5.74, 6) is -0.0235. The number of nitrogens with two attached hydrogens (primary N) is 1. The van der Waals surface area contributed by atoms with Gasteiger partial charge in [-0.3, -0.25) is 9.78 Å². The number of aromatic nitrogens is 1. The van der Waals surface area contributed by atoms with Crippen LogP contribution in [0, 0.1) is 0 Å². The fourth-order valence-corrected chi connectivity index (χ4v) is 2.05. The van der Waals surface area contributed by atoms with Crippen molar-refractivity contribution in [2.24, 2.45) is 0 Å². The van der Waals surface area contributed by atoms with Crippen LogP contribution in [0.15, 0.2) is 53.4 Å². The number of carbonyl (C=O) groups is 1. The maximum absolute atomic E-state index is 12.3. The molecule has 0 saturated carbocycles. The van der Waals surface area contributed by atoms with Crippen LogP contribution in [0.2, 0.25) is 0 Å². The zero-order valence-corrected chi connectivity index (χ0v) is 10.2. The third-order valence-electron chi connectivity index (χ3n) is 3.07. The highest BCUT2D eigenvalue weighted by atomic mass is 16.3. The van der Waals surface area contributed by atoms with Crippen molar-refractivity contribution in [1.29, 1.82) is 0 Å². The summed E-state index contributed by atoms with van der Waals surface area (Å²) in [6.45, 7) is 0. The summed E-state index contributed by atoms with van der Waals surface area (Å²) in [5, 5.41) is 0.829. The van der Waals surface area contributed by atoms with Gasteiger partial charge in [-0.05, 0) is 12.1 Å². The molecule has 0 amide bonds. The van der Waals surface area contributed by atoms with E-state index in [1.165, 1.54) is 6.26 Å². The number of pyridine rings is 1. The van der Waals surface area contributed by atoms with Gasteiger partial charge in [0.15, 0.2) is 5.78 Å². The largest absolute Gasteiger partial charge is 0.464 e. The van der Waals surface area contributed by atoms with Crippen LogP contribution in [0.4, 0.5) is 5.69 Å². The number of fused-ring (bicyclic) bond motifs is 1. The number of para-hydroxylation sites is 1. The average Bonchev–Trinajstić information content (AvgIpc) is 2.85. The highest BCUT2D eigenvalue weighted by Gasteiger charge is 2.14. The zero-order valence-electron chi connectivity index (χ0n) is 10.2. The second-order valence-corrected chi connectivity index (χ2v) is 4.32. The van der Waals surface area contributed by atoms with E-state index in [1.54, 1.807) is 18.5 Å². The normalized spacial score (nSPS) is 10.7. The Labute approximate surface area is 109 Å². The lowest BCUT2D eigenvalue weighted by Gasteiger charge is -2.02. The minimum atomic E-state index is -0.0235. The predicted molar refractivity (Wildman–Crippen MR) is 72.9 cm³/mol. The molecule has 0 saturated heterocycles. The van der Waals surface area contributed by atoms with E-state index in [-0.39, 0.29) is 12.2 Å². The van der Waals surface area contributed by atoms with Gasteiger partial charge in [0, 0.05) is 35.5 Å². The second kappa shape index (κ2) is 4.57. The number of nitrogen functional groups attached to an aromatic ring is 1. The maximum Gasteiger partial charge on any atom is 0.171 e. The van der Waals surface area contributed by atoms with Crippen molar-refractivity contribution in [3.8, 4) is 0 Å². The Hall–Kier alpha value is -2.62. The SMILES string of the molecule is Nc1ccncc1CC(=O)c1coc2ccccc12. The number of ketones is 1. The molecule has 1 aromatic carbocycles. The van der Waals surface area contributed by atoms with E-state index in [1.807, 2.05) is 24.3 Å². The number of anilines is 1. The number of hydrogen-bond donors (Lipinski definition) is 1. The molecule has 0 atom stereocenters. The number of rotatable bonds is 3. The molecule has 2 heterocycles. The molecule has 0 aliphatic heterocycles. The summed E-state index contributed by atoms with van der Waals surface area (Å²) in [6.07, 6.45) is 4.95. The Morgan fingerprint density at radius 3 is 2.95 bits per heavy atom. The molecular weight excluding hydrogens is 240 g/mol. The number of nitrogens with zero attached hydrogens (tertiary/aromatic N) is 1. The third kappa shape index (κ3) is 2.08. The van der Waals surface area contributed by atoms with Gasteiger partial charge in [0.2, 0.25) is 0 Å². The van der Waals surface area contributed by atoms with Gasteiger partial charge in [-0.15, -0.1) is 0 Å². The summed E-state index contributed by atoms with van der Waals surface area (Å²) in [4.78, 5) is 16.3. The van der Waals surface area contributed by atoms with Gasteiger partial charge in [0.05, 0.1) is 5.56 Å². The van der Waals surface area contributed by atoms with Crippen LogP contribution in [0.3, 0.4) is 0 Å². The van der Waals surface area contributed by atoms with Gasteiger partial charge in [0.1, 0.15) is 11.8 Å². The van der Waals surface area contributed by atoms with Crippen molar-refractivity contribution in [1.82, 2.24) is 4.98 Å². The lowest BCUT2D eigenvalue weighted by molar-refractivity contribution is 0.0994. The fraction of sp³-hybridized carbons (Fsp3) is 0.0667. The van der Waals surface area contributed by atoms with Crippen molar-refractivity contribution in [2.75, 3.05) is 5.73 Å². The number of carbonyl (C=O) groups excluding carboxylic acids is 1. The molecule has 2 aromatic heterocycles. The van der Waals surface area contributed by atoms with Crippen LogP contribution < -0.4 is 5.73 Å². The molecule has 3 aromatic rings. The van der Waals surface area contributed by atoms with Crippen LogP contribution >= 0.6 is 0 Å². The van der Waals surface area contributed by atoms with Crippen molar-refractivity contribution in [3.05, 3.63) is 60.1 Å². The van der Waals surface area contributed by atoms with Crippen molar-refractivity contribution in [3.63, 3.8) is 0 Å². The standard InChI is InChI=1S/C15H12N2O2/c16-13-5-6-17-8-10(13)7-14(18)12-9-19-15-4-2-1-3-11(12)15/h1-6,8-9H,7H2,(H2,16,17). The Balaban J connectivity index is 1.95. The summed E-state index contributed by atoms with van der Waals surface area (Å²) in [5.41, 5.74) is 8.43. The third-order valence-corrected chi connectivity index (χ3v) is 3.07. The van der Waals surface area contributed by atoms with Crippen molar-refractivity contribution < 1.29 is 9.21 Å². The molecule has 0 aliphatic carbocycles. The summed E-state index contributed by atoms with van der Waals surface area (Å²) in [6, 6.07) is 9.16. The van der Waals surface area contributed by atoms with E-state index in [4.69, 9.17) is 10.2 Å². The van der Waals surface area contributed by atoms with Crippen LogP contribution in [0.25, 0.3) is 11.0 Å². The van der Waals surface area contributed by atoms with E-state index in [9.17, 15) is 4.79 Å². The number of benzene rings is 1. The quantitative estimate of drug-likeness (QED) is 0.728. The monoisotopic (exact) mass is 252 g/mol. The summed E-state index contributed by atoms with van der Waals surface area (Å²) in [7, 11) is 0. The molecule has 4 nitrogen and oxygen atoms in total. The molecule has 0 unspecified atom stereocenters. The Morgan fingerprint density at radius 1 is 1.26 bits per heavy atom. The minimum Gasteiger partial charge on any atom is -0.464 e. The molecule has 0 aliphatic rings. The second-order valence-electron chi connectivity index (χ2n) is 4.32. The molecule has 94 valence electrons. The van der Waals surface area contributed by atoms with Crippen LogP contribution in [0.5, 0.6) is 0 Å². The number of Topliss-reactive ketones (excluding diaryl/α,β-unsaturated/α-hetero) is 1. The predicted octanol–water partition coefficient (Wildman–Crippen LogP) is 2.84. The minimum absolute atomic E-state index is 0.0235. The average molecular weight is 252 g/mol. The van der Waals surface area contributed by atoms with Gasteiger partial charge in [-0.2, -0.15) is 0 Å². The van der Waals surface area contributed by atoms with Crippen LogP contribution in [-0.4, -0.2) is 10.8 Å². The molecular formula is C15H12N2O2. The number of hydrogen-bond acceptors (Lipinski definition) is 4. The van der Waals surface area contributed by atoms with Crippen molar-refractivity contribution >= 4 is 22.4 Å². The highest BCUT2D eigenvalue weighted by molar-refractivity contribution is 6.08. The van der Waals surface area contributed by atoms with Gasteiger partial charge in [0.25, 0.3) is 0 Å². The molecule has 2 N–H and O–H groups in total. The highest BCUT2D eigenvalue weighted by Crippen LogP contribution is 2.23. The zero-order chi connectivity index (χ0) is 13.2. The lowest BCUT2D eigenvalue weighted by atomic mass is 10.0. The van der Waals surface area contributed by atoms with E-state index in [2.05, 4.69) is 4.98 Å². The van der Waals surface area contributed by atoms with Gasteiger partial charge >= 0.3 is 0 Å². The topological polar surface area (TPSA) is 69.1 Å². The van der Waals surface area contributed by atoms with E-state index in [0.717, 1.165) is 10.9 Å². The van der Waals surface area contributed by atoms with Gasteiger partial charge < -0.3 is 10.2 Å². The molecule has 4 heteroatoms. The molecule has 0 radical (unpaired) electrons. The number of furan rings is 1. The first-order chi connectivity index (χ1) is 9.25. The lowest BCUT2D eigenvalue weighted by Crippen LogP contribution is -2.05. The van der Waals surface area contributed by atoms with Crippen LogP contribution in [0.1, 0.15) is 15.9 Å². The first kappa shape index (κ1) is 11.5. The van der Waals surface area contributed by atoms with E-state index < -0.39 is 0 Å². The molecule has 0 spiro atoms. The van der Waals surface area contributed by atoms with E-state index in [0.29, 0.717) is 16.8 Å². The van der Waals surface area contributed by atoms with E-state index >= 15 is 0 Å². The first-order valence-electron chi connectivity index (χ1n) is 5.93. The Morgan fingerprint density at radius 2 is 2.11 bits per heavy atom.